The minimum atomic E-state index is -0.927. The Morgan fingerprint density at radius 1 is 1.71 bits per heavy atom. The van der Waals surface area contributed by atoms with Crippen LogP contribution in [0.25, 0.3) is 0 Å². The molecule has 0 aromatic heterocycles. The van der Waals surface area contributed by atoms with Crippen LogP contribution in [0.5, 0.6) is 0 Å². The predicted octanol–water partition coefficient (Wildman–Crippen LogP) is 2.10. The topological polar surface area (TPSA) is 80.4 Å². The van der Waals surface area contributed by atoms with E-state index in [0.717, 1.165) is 12.8 Å². The molecule has 0 bridgehead atoms. The Morgan fingerprint density at radius 2 is 2.41 bits per heavy atom. The van der Waals surface area contributed by atoms with Crippen LogP contribution in [0.3, 0.4) is 0 Å². The van der Waals surface area contributed by atoms with Gasteiger partial charge in [-0.2, -0.15) is 0 Å². The summed E-state index contributed by atoms with van der Waals surface area (Å²) in [5.41, 5.74) is 0.701. The highest BCUT2D eigenvalue weighted by atomic mass is 16.6. The molecule has 0 radical (unpaired) electrons. The maximum atomic E-state index is 10.9. The molecule has 1 N–H and O–H groups in total. The van der Waals surface area contributed by atoms with Gasteiger partial charge in [-0.15, -0.1) is 0 Å². The highest BCUT2D eigenvalue weighted by Crippen LogP contribution is 2.60. The van der Waals surface area contributed by atoms with Crippen molar-refractivity contribution in [3.05, 3.63) is 21.8 Å². The van der Waals surface area contributed by atoms with E-state index in [9.17, 15) is 14.9 Å². The van der Waals surface area contributed by atoms with E-state index in [1.165, 1.54) is 5.57 Å². The average Bonchev–Trinajstić information content (AvgIpc) is 2.54. The average molecular weight is 239 g/mol. The van der Waals surface area contributed by atoms with Gasteiger partial charge in [0.1, 0.15) is 0 Å². The Morgan fingerprint density at radius 3 is 2.94 bits per heavy atom. The molecule has 2 aliphatic rings. The lowest BCUT2D eigenvalue weighted by atomic mass is 9.53. The van der Waals surface area contributed by atoms with Gasteiger partial charge in [-0.3, -0.25) is 14.9 Å². The third-order valence-electron chi connectivity index (χ3n) is 4.22. The predicted molar refractivity (Wildman–Crippen MR) is 61.1 cm³/mol. The van der Waals surface area contributed by atoms with Crippen LogP contribution in [-0.4, -0.2) is 22.5 Å². The number of nitrogens with zero attached hydrogens (tertiary/aromatic N) is 1. The fourth-order valence-corrected chi connectivity index (χ4v) is 3.53. The van der Waals surface area contributed by atoms with E-state index in [1.807, 2.05) is 0 Å². The second kappa shape index (κ2) is 4.13. The van der Waals surface area contributed by atoms with Crippen molar-refractivity contribution in [2.24, 2.45) is 17.3 Å². The first-order valence-corrected chi connectivity index (χ1v) is 6.00. The zero-order chi connectivity index (χ0) is 12.6. The van der Waals surface area contributed by atoms with E-state index in [4.69, 9.17) is 5.11 Å². The highest BCUT2D eigenvalue weighted by molar-refractivity contribution is 5.68. The zero-order valence-electron chi connectivity index (χ0n) is 9.89. The zero-order valence-corrected chi connectivity index (χ0v) is 9.89. The van der Waals surface area contributed by atoms with E-state index in [-0.39, 0.29) is 23.8 Å². The van der Waals surface area contributed by atoms with E-state index in [2.05, 4.69) is 13.0 Å². The lowest BCUT2D eigenvalue weighted by molar-refractivity contribution is -0.505. The lowest BCUT2D eigenvalue weighted by Crippen LogP contribution is -2.50. The van der Waals surface area contributed by atoms with Crippen LogP contribution >= 0.6 is 0 Å². The summed E-state index contributed by atoms with van der Waals surface area (Å²) in [7, 11) is 0. The van der Waals surface area contributed by atoms with Gasteiger partial charge >= 0.3 is 5.97 Å². The van der Waals surface area contributed by atoms with E-state index >= 15 is 0 Å². The summed E-state index contributed by atoms with van der Waals surface area (Å²) in [5, 5.41) is 19.6. The SMILES string of the molecule is CCC1=C[C@H]2[C@H](C1)C[C@]2(CC(=O)O)C[N+](=O)[O-]. The van der Waals surface area contributed by atoms with Gasteiger partial charge in [-0.1, -0.05) is 18.6 Å². The summed E-state index contributed by atoms with van der Waals surface area (Å²) in [4.78, 5) is 21.2. The summed E-state index contributed by atoms with van der Waals surface area (Å²) < 4.78 is 0. The van der Waals surface area contributed by atoms with Crippen LogP contribution in [0.2, 0.25) is 0 Å². The minimum absolute atomic E-state index is 0.0807. The van der Waals surface area contributed by atoms with Crippen molar-refractivity contribution in [3.63, 3.8) is 0 Å². The van der Waals surface area contributed by atoms with Crippen molar-refractivity contribution in [2.75, 3.05) is 6.54 Å². The molecule has 5 heteroatoms. The molecule has 5 nitrogen and oxygen atoms in total. The van der Waals surface area contributed by atoms with Gasteiger partial charge < -0.3 is 5.11 Å². The lowest BCUT2D eigenvalue weighted by Gasteiger charge is -2.48. The molecule has 0 unspecified atom stereocenters. The van der Waals surface area contributed by atoms with E-state index in [1.54, 1.807) is 0 Å². The fourth-order valence-electron chi connectivity index (χ4n) is 3.53. The standard InChI is InChI=1S/C12H17NO4/c1-2-8-3-9-5-12(6-11(14)15,7-13(16)17)10(9)4-8/h4,9-10H,2-3,5-7H2,1H3,(H,14,15)/t9-,10+,12+/m1/s1. The summed E-state index contributed by atoms with van der Waals surface area (Å²) in [6.45, 7) is 1.86. The van der Waals surface area contributed by atoms with Crippen molar-refractivity contribution < 1.29 is 14.8 Å². The molecular formula is C12H17NO4. The molecule has 0 aromatic carbocycles. The Bertz CT molecular complexity index is 372. The van der Waals surface area contributed by atoms with Gasteiger partial charge in [-0.05, 0) is 31.1 Å². The molecule has 1 fully saturated rings. The van der Waals surface area contributed by atoms with Crippen molar-refractivity contribution in [1.82, 2.24) is 0 Å². The Labute approximate surface area is 99.7 Å². The van der Waals surface area contributed by atoms with Crippen LogP contribution in [0.15, 0.2) is 11.6 Å². The van der Waals surface area contributed by atoms with Gasteiger partial charge in [0.2, 0.25) is 6.54 Å². The molecule has 17 heavy (non-hydrogen) atoms. The fraction of sp³-hybridized carbons (Fsp3) is 0.750. The maximum Gasteiger partial charge on any atom is 0.304 e. The highest BCUT2D eigenvalue weighted by Gasteiger charge is 2.58. The number of allylic oxidation sites excluding steroid dienone is 2. The molecule has 94 valence electrons. The van der Waals surface area contributed by atoms with Crippen LogP contribution in [-0.2, 0) is 4.79 Å². The molecule has 2 aliphatic carbocycles. The number of fused-ring (bicyclic) bond motifs is 1. The van der Waals surface area contributed by atoms with Crippen molar-refractivity contribution in [1.29, 1.82) is 0 Å². The first kappa shape index (κ1) is 12.1. The third kappa shape index (κ3) is 2.06. The van der Waals surface area contributed by atoms with Crippen molar-refractivity contribution in [3.8, 4) is 0 Å². The number of hydrogen-bond donors (Lipinski definition) is 1. The minimum Gasteiger partial charge on any atom is -0.481 e. The number of nitro groups is 1. The summed E-state index contributed by atoms with van der Waals surface area (Å²) >= 11 is 0. The van der Waals surface area contributed by atoms with Gasteiger partial charge in [0.25, 0.3) is 0 Å². The monoisotopic (exact) mass is 239 g/mol. The summed E-state index contributed by atoms with van der Waals surface area (Å²) in [6, 6.07) is 0. The van der Waals surface area contributed by atoms with Gasteiger partial charge in [0.15, 0.2) is 0 Å². The van der Waals surface area contributed by atoms with Crippen LogP contribution in [0, 0.1) is 27.4 Å². The Balaban J connectivity index is 2.17. The number of carboxylic acids is 1. The number of hydrogen-bond acceptors (Lipinski definition) is 3. The van der Waals surface area contributed by atoms with E-state index in [0.29, 0.717) is 12.3 Å². The molecule has 1 saturated carbocycles. The smallest absolute Gasteiger partial charge is 0.304 e. The molecule has 0 amide bonds. The largest absolute Gasteiger partial charge is 0.481 e. The molecule has 0 spiro atoms. The molecule has 0 saturated heterocycles. The Kier molecular flexibility index (Phi) is 2.93. The van der Waals surface area contributed by atoms with Gasteiger partial charge in [0.05, 0.1) is 11.8 Å². The van der Waals surface area contributed by atoms with Crippen LogP contribution in [0.1, 0.15) is 32.6 Å². The molecule has 0 aromatic rings. The van der Waals surface area contributed by atoms with Gasteiger partial charge in [-0.25, -0.2) is 0 Å². The summed E-state index contributed by atoms with van der Waals surface area (Å²) in [5.74, 6) is -0.369. The quantitative estimate of drug-likeness (QED) is 0.452. The maximum absolute atomic E-state index is 10.9. The molecule has 3 atom stereocenters. The molecule has 0 aliphatic heterocycles. The first-order valence-electron chi connectivity index (χ1n) is 6.00. The normalized spacial score (nSPS) is 34.8. The van der Waals surface area contributed by atoms with Crippen molar-refractivity contribution >= 4 is 5.97 Å². The molecule has 2 rings (SSSR count). The van der Waals surface area contributed by atoms with Crippen LogP contribution < -0.4 is 0 Å². The number of rotatable bonds is 5. The number of aliphatic carboxylic acids is 1. The van der Waals surface area contributed by atoms with E-state index < -0.39 is 11.4 Å². The first-order chi connectivity index (χ1) is 7.97. The molecular weight excluding hydrogens is 222 g/mol. The van der Waals surface area contributed by atoms with Gasteiger partial charge in [0, 0.05) is 4.92 Å². The molecule has 0 heterocycles. The second-order valence-electron chi connectivity index (χ2n) is 5.30. The van der Waals surface area contributed by atoms with Crippen molar-refractivity contribution in [2.45, 2.75) is 32.6 Å². The second-order valence-corrected chi connectivity index (χ2v) is 5.30. The van der Waals surface area contributed by atoms with Crippen LogP contribution in [0.4, 0.5) is 0 Å². The number of carbonyl (C=O) groups is 1. The third-order valence-corrected chi connectivity index (χ3v) is 4.22. The Hall–Kier alpha value is -1.39. The number of carboxylic acid groups (broad SMARTS) is 1. The summed E-state index contributed by atoms with van der Waals surface area (Å²) in [6.07, 6.45) is 4.67.